The fourth-order valence-electron chi connectivity index (χ4n) is 3.17. The van der Waals surface area contributed by atoms with Crippen molar-refractivity contribution in [3.63, 3.8) is 0 Å². The average Bonchev–Trinajstić information content (AvgIpc) is 3.07. The molecule has 1 unspecified atom stereocenters. The number of piperazine rings is 1. The average molecular weight is 468 g/mol. The second-order valence-electron chi connectivity index (χ2n) is 6.95. The summed E-state index contributed by atoms with van der Waals surface area (Å²) < 4.78 is 6.84. The van der Waals surface area contributed by atoms with E-state index in [1.54, 1.807) is 35.6 Å². The number of ether oxygens (including phenoxy) is 1. The van der Waals surface area contributed by atoms with E-state index in [0.29, 0.717) is 12.3 Å². The molecule has 8 heteroatoms. The molecule has 1 amide bonds. The van der Waals surface area contributed by atoms with Gasteiger partial charge < -0.3 is 15.2 Å². The maximum atomic E-state index is 11.0. The van der Waals surface area contributed by atoms with Crippen LogP contribution >= 0.6 is 27.3 Å². The minimum Gasteiger partial charge on any atom is -0.491 e. The second kappa shape index (κ2) is 10.4. The number of carbonyl (C=O) groups excluding carboxylic acids is 1. The number of carbonyl (C=O) groups is 1. The topological polar surface area (TPSA) is 65.0 Å². The predicted molar refractivity (Wildman–Crippen MR) is 116 cm³/mol. The van der Waals surface area contributed by atoms with Crippen molar-refractivity contribution in [2.45, 2.75) is 19.6 Å². The number of hydrogen-bond donors (Lipinski definition) is 2. The lowest BCUT2D eigenvalue weighted by Crippen LogP contribution is -2.48. The van der Waals surface area contributed by atoms with E-state index >= 15 is 0 Å². The molecule has 1 atom stereocenters. The second-order valence-corrected chi connectivity index (χ2v) is 9.50. The van der Waals surface area contributed by atoms with Crippen molar-refractivity contribution in [2.75, 3.05) is 44.6 Å². The quantitative estimate of drug-likeness (QED) is 0.624. The molecule has 0 radical (unpaired) electrons. The third kappa shape index (κ3) is 6.86. The number of nitrogens with zero attached hydrogens (tertiary/aromatic N) is 2. The molecule has 0 spiro atoms. The molecule has 2 heterocycles. The van der Waals surface area contributed by atoms with Crippen LogP contribution in [0.25, 0.3) is 0 Å². The first kappa shape index (κ1) is 21.3. The summed E-state index contributed by atoms with van der Waals surface area (Å²) in [5, 5.41) is 13.0. The van der Waals surface area contributed by atoms with Crippen molar-refractivity contribution in [1.29, 1.82) is 0 Å². The summed E-state index contributed by atoms with van der Waals surface area (Å²) in [7, 11) is 0. The van der Waals surface area contributed by atoms with E-state index in [1.807, 2.05) is 0 Å². The summed E-state index contributed by atoms with van der Waals surface area (Å²) in [5.74, 6) is 0.576. The lowest BCUT2D eigenvalue weighted by Gasteiger charge is -2.35. The van der Waals surface area contributed by atoms with Crippen molar-refractivity contribution >= 4 is 38.9 Å². The molecule has 0 saturated carbocycles. The molecule has 6 nitrogen and oxygen atoms in total. The van der Waals surface area contributed by atoms with Crippen LogP contribution in [0.2, 0.25) is 0 Å². The van der Waals surface area contributed by atoms with E-state index in [9.17, 15) is 9.90 Å². The van der Waals surface area contributed by atoms with Gasteiger partial charge in [-0.05, 0) is 52.3 Å². The molecule has 0 bridgehead atoms. The van der Waals surface area contributed by atoms with Gasteiger partial charge in [-0.2, -0.15) is 0 Å². The number of rotatable bonds is 8. The van der Waals surface area contributed by atoms with Gasteiger partial charge in [-0.3, -0.25) is 14.6 Å². The van der Waals surface area contributed by atoms with Gasteiger partial charge in [0, 0.05) is 56.8 Å². The smallest absolute Gasteiger partial charge is 0.221 e. The first-order chi connectivity index (χ1) is 13.5. The molecular formula is C20H26BrN3O3S. The monoisotopic (exact) mass is 467 g/mol. The van der Waals surface area contributed by atoms with Gasteiger partial charge >= 0.3 is 0 Å². The highest BCUT2D eigenvalue weighted by atomic mass is 79.9. The molecule has 0 aliphatic carbocycles. The summed E-state index contributed by atoms with van der Waals surface area (Å²) in [4.78, 5) is 17.1. The van der Waals surface area contributed by atoms with Crippen molar-refractivity contribution in [1.82, 2.24) is 9.80 Å². The fourth-order valence-corrected chi connectivity index (χ4v) is 4.69. The van der Waals surface area contributed by atoms with Gasteiger partial charge in [0.2, 0.25) is 5.91 Å². The van der Waals surface area contributed by atoms with Gasteiger partial charge in [0.05, 0.1) is 3.79 Å². The summed E-state index contributed by atoms with van der Waals surface area (Å²) >= 11 is 5.30. The Morgan fingerprint density at radius 2 is 1.86 bits per heavy atom. The van der Waals surface area contributed by atoms with E-state index in [4.69, 9.17) is 4.74 Å². The largest absolute Gasteiger partial charge is 0.491 e. The molecule has 1 aromatic carbocycles. The highest BCUT2D eigenvalue weighted by molar-refractivity contribution is 9.11. The molecule has 1 saturated heterocycles. The van der Waals surface area contributed by atoms with Crippen LogP contribution in [0.3, 0.4) is 0 Å². The maximum absolute atomic E-state index is 11.0. The predicted octanol–water partition coefficient (Wildman–Crippen LogP) is 3.03. The number of benzene rings is 1. The summed E-state index contributed by atoms with van der Waals surface area (Å²) in [5.41, 5.74) is 0.730. The maximum Gasteiger partial charge on any atom is 0.221 e. The zero-order valence-corrected chi connectivity index (χ0v) is 18.3. The number of aliphatic hydroxyl groups is 1. The lowest BCUT2D eigenvalue weighted by molar-refractivity contribution is -0.114. The van der Waals surface area contributed by atoms with E-state index < -0.39 is 6.10 Å². The normalized spacial score (nSPS) is 16.7. The van der Waals surface area contributed by atoms with Crippen molar-refractivity contribution in [3.05, 3.63) is 45.1 Å². The number of β-amino-alcohol motifs (C(OH)–C–C–N with tert-alkyl or cyclic N) is 1. The Hall–Kier alpha value is -1.45. The number of nitrogens with one attached hydrogen (secondary N) is 1. The molecular weight excluding hydrogens is 442 g/mol. The SMILES string of the molecule is CC(=O)Nc1ccc(OCC(O)CN2CCN(Cc3ccc(Br)s3)CC2)cc1. The van der Waals surface area contributed by atoms with Gasteiger partial charge in [0.15, 0.2) is 0 Å². The molecule has 1 aliphatic heterocycles. The Balaban J connectivity index is 1.35. The van der Waals surface area contributed by atoms with Crippen LogP contribution in [0.4, 0.5) is 5.69 Å². The van der Waals surface area contributed by atoms with Crippen LogP contribution in [0, 0.1) is 0 Å². The Morgan fingerprint density at radius 3 is 2.46 bits per heavy atom. The first-order valence-corrected chi connectivity index (χ1v) is 11.0. The first-order valence-electron chi connectivity index (χ1n) is 9.35. The van der Waals surface area contributed by atoms with Crippen LogP contribution in [0.1, 0.15) is 11.8 Å². The van der Waals surface area contributed by atoms with Crippen LogP contribution < -0.4 is 10.1 Å². The Bertz CT molecular complexity index is 760. The molecule has 3 rings (SSSR count). The van der Waals surface area contributed by atoms with Crippen LogP contribution in [0.5, 0.6) is 5.75 Å². The molecule has 2 aromatic rings. The van der Waals surface area contributed by atoms with Crippen molar-refractivity contribution < 1.29 is 14.6 Å². The third-order valence-corrected chi connectivity index (χ3v) is 6.17. The number of anilines is 1. The van der Waals surface area contributed by atoms with Gasteiger partial charge in [0.25, 0.3) is 0 Å². The number of hydrogen-bond acceptors (Lipinski definition) is 6. The van der Waals surface area contributed by atoms with Gasteiger partial charge in [0.1, 0.15) is 18.5 Å². The number of halogens is 1. The Kier molecular flexibility index (Phi) is 7.87. The van der Waals surface area contributed by atoms with Gasteiger partial charge in [-0.15, -0.1) is 11.3 Å². The van der Waals surface area contributed by atoms with Gasteiger partial charge in [-0.1, -0.05) is 0 Å². The number of amides is 1. The van der Waals surface area contributed by atoms with E-state index in [2.05, 4.69) is 43.2 Å². The van der Waals surface area contributed by atoms with Gasteiger partial charge in [-0.25, -0.2) is 0 Å². The van der Waals surface area contributed by atoms with E-state index in [-0.39, 0.29) is 12.5 Å². The minimum atomic E-state index is -0.533. The zero-order chi connectivity index (χ0) is 19.9. The Morgan fingerprint density at radius 1 is 1.18 bits per heavy atom. The number of aliphatic hydroxyl groups excluding tert-OH is 1. The molecule has 28 heavy (non-hydrogen) atoms. The highest BCUT2D eigenvalue weighted by Gasteiger charge is 2.20. The fraction of sp³-hybridized carbons (Fsp3) is 0.450. The lowest BCUT2D eigenvalue weighted by atomic mass is 10.2. The zero-order valence-electron chi connectivity index (χ0n) is 15.9. The van der Waals surface area contributed by atoms with Crippen molar-refractivity contribution in [3.8, 4) is 5.75 Å². The number of thiophene rings is 1. The summed E-state index contributed by atoms with van der Waals surface area (Å²) in [6.45, 7) is 7.25. The third-order valence-electron chi connectivity index (χ3n) is 4.56. The van der Waals surface area contributed by atoms with Crippen LogP contribution in [0.15, 0.2) is 40.2 Å². The van der Waals surface area contributed by atoms with Crippen molar-refractivity contribution in [2.24, 2.45) is 0 Å². The summed E-state index contributed by atoms with van der Waals surface area (Å²) in [6, 6.07) is 11.4. The Labute approximate surface area is 178 Å². The van der Waals surface area contributed by atoms with E-state index in [0.717, 1.165) is 38.4 Å². The molecule has 1 fully saturated rings. The van der Waals surface area contributed by atoms with E-state index in [1.165, 1.54) is 15.6 Å². The molecule has 152 valence electrons. The van der Waals surface area contributed by atoms with Crippen LogP contribution in [-0.4, -0.2) is 66.2 Å². The standard InChI is InChI=1S/C20H26BrN3O3S/c1-15(25)22-16-2-4-18(5-3-16)27-14-17(26)12-23-8-10-24(11-9-23)13-19-6-7-20(21)28-19/h2-7,17,26H,8-14H2,1H3,(H,22,25). The minimum absolute atomic E-state index is 0.104. The summed E-state index contributed by atoms with van der Waals surface area (Å²) in [6.07, 6.45) is -0.533. The molecule has 2 N–H and O–H groups in total. The molecule has 1 aliphatic rings. The highest BCUT2D eigenvalue weighted by Crippen LogP contribution is 2.23. The van der Waals surface area contributed by atoms with Crippen LogP contribution in [-0.2, 0) is 11.3 Å². The molecule has 1 aromatic heterocycles.